The van der Waals surface area contributed by atoms with Crippen molar-refractivity contribution in [2.45, 2.75) is 4.90 Å². The van der Waals surface area contributed by atoms with Gasteiger partial charge in [0.15, 0.2) is 0 Å². The lowest BCUT2D eigenvalue weighted by Crippen LogP contribution is -2.13. The van der Waals surface area contributed by atoms with E-state index in [0.717, 1.165) is 10.6 Å². The van der Waals surface area contributed by atoms with E-state index in [1.54, 1.807) is 24.4 Å². The molecular weight excluding hydrogens is 399 g/mol. The number of nitrogens with zero attached hydrogens (tertiary/aromatic N) is 1. The standard InChI is InChI=1S/C21H16ClFN2O2S/c22-18-11-16(7-10-19(18)23)25-21(27)13-28-17-8-5-15(6-9-17)24-12-14-3-1-2-4-20(14)26/h1-12,26H,13H2,(H,25,27). The van der Waals surface area contributed by atoms with Crippen LogP contribution in [0.5, 0.6) is 5.75 Å². The maximum Gasteiger partial charge on any atom is 0.234 e. The number of anilines is 1. The van der Waals surface area contributed by atoms with Crippen LogP contribution in [0.4, 0.5) is 15.8 Å². The van der Waals surface area contributed by atoms with Crippen molar-refractivity contribution < 1.29 is 14.3 Å². The molecule has 7 heteroatoms. The van der Waals surface area contributed by atoms with E-state index in [9.17, 15) is 14.3 Å². The summed E-state index contributed by atoms with van der Waals surface area (Å²) in [5.74, 6) is -0.365. The highest BCUT2D eigenvalue weighted by Gasteiger charge is 2.06. The molecule has 3 rings (SSSR count). The molecule has 4 nitrogen and oxygen atoms in total. The molecule has 0 aromatic heterocycles. The van der Waals surface area contributed by atoms with Gasteiger partial charge in [-0.25, -0.2) is 4.39 Å². The summed E-state index contributed by atoms with van der Waals surface area (Å²) in [5.41, 5.74) is 1.82. The van der Waals surface area contributed by atoms with Crippen LogP contribution in [0.15, 0.2) is 76.6 Å². The van der Waals surface area contributed by atoms with Crippen molar-refractivity contribution in [2.24, 2.45) is 4.99 Å². The summed E-state index contributed by atoms with van der Waals surface area (Å²) in [6, 6.07) is 18.4. The van der Waals surface area contributed by atoms with Gasteiger partial charge in [0.2, 0.25) is 5.91 Å². The number of carbonyl (C=O) groups excluding carboxylic acids is 1. The summed E-state index contributed by atoms with van der Waals surface area (Å²) in [6.45, 7) is 0. The van der Waals surface area contributed by atoms with Crippen LogP contribution in [0.25, 0.3) is 0 Å². The Kier molecular flexibility index (Phi) is 6.68. The van der Waals surface area contributed by atoms with Crippen molar-refractivity contribution in [3.05, 3.63) is 83.1 Å². The number of carbonyl (C=O) groups is 1. The van der Waals surface area contributed by atoms with Crippen LogP contribution in [0, 0.1) is 5.82 Å². The van der Waals surface area contributed by atoms with E-state index in [1.807, 2.05) is 30.3 Å². The van der Waals surface area contributed by atoms with Crippen LogP contribution in [0.2, 0.25) is 5.02 Å². The molecule has 0 heterocycles. The fraction of sp³-hybridized carbons (Fsp3) is 0.0476. The van der Waals surface area contributed by atoms with Crippen LogP contribution < -0.4 is 5.32 Å². The van der Waals surface area contributed by atoms with Crippen molar-refractivity contribution in [1.82, 2.24) is 0 Å². The summed E-state index contributed by atoms with van der Waals surface area (Å²) >= 11 is 7.07. The molecule has 0 spiro atoms. The molecule has 3 aromatic rings. The first-order valence-electron chi connectivity index (χ1n) is 8.31. The third kappa shape index (κ3) is 5.58. The van der Waals surface area contributed by atoms with Crippen molar-refractivity contribution in [2.75, 3.05) is 11.1 Å². The lowest BCUT2D eigenvalue weighted by Gasteiger charge is -2.06. The second kappa shape index (κ2) is 9.39. The highest BCUT2D eigenvalue weighted by atomic mass is 35.5. The molecule has 0 unspecified atom stereocenters. The summed E-state index contributed by atoms with van der Waals surface area (Å²) in [5, 5.41) is 12.4. The van der Waals surface area contributed by atoms with E-state index >= 15 is 0 Å². The molecule has 0 aliphatic heterocycles. The molecule has 0 bridgehead atoms. The second-order valence-corrected chi connectivity index (χ2v) is 7.23. The van der Waals surface area contributed by atoms with Crippen LogP contribution in [-0.2, 0) is 4.79 Å². The smallest absolute Gasteiger partial charge is 0.234 e. The zero-order chi connectivity index (χ0) is 19.9. The van der Waals surface area contributed by atoms with Gasteiger partial charge in [0.05, 0.1) is 16.5 Å². The van der Waals surface area contributed by atoms with E-state index < -0.39 is 5.82 Å². The van der Waals surface area contributed by atoms with Gasteiger partial charge < -0.3 is 10.4 Å². The van der Waals surface area contributed by atoms with Crippen molar-refractivity contribution in [1.29, 1.82) is 0 Å². The van der Waals surface area contributed by atoms with E-state index in [0.29, 0.717) is 11.3 Å². The predicted octanol–water partition coefficient (Wildman–Crippen LogP) is 5.67. The highest BCUT2D eigenvalue weighted by Crippen LogP contribution is 2.23. The van der Waals surface area contributed by atoms with Gasteiger partial charge in [0.25, 0.3) is 0 Å². The minimum absolute atomic E-state index is 0.0366. The van der Waals surface area contributed by atoms with E-state index in [-0.39, 0.29) is 22.4 Å². The zero-order valence-electron chi connectivity index (χ0n) is 14.6. The molecule has 2 N–H and O–H groups in total. The Labute approximate surface area is 171 Å². The number of para-hydroxylation sites is 1. The molecular formula is C21H16ClFN2O2S. The lowest BCUT2D eigenvalue weighted by atomic mass is 10.2. The minimum atomic E-state index is -0.528. The Morgan fingerprint density at radius 1 is 1.14 bits per heavy atom. The van der Waals surface area contributed by atoms with Gasteiger partial charge in [-0.3, -0.25) is 9.79 Å². The molecule has 0 aliphatic carbocycles. The Bertz CT molecular complexity index is 1010. The molecule has 0 radical (unpaired) electrons. The Hall–Kier alpha value is -2.83. The average molecular weight is 415 g/mol. The molecule has 1 amide bonds. The van der Waals surface area contributed by atoms with Gasteiger partial charge in [-0.05, 0) is 54.6 Å². The van der Waals surface area contributed by atoms with Crippen LogP contribution in [-0.4, -0.2) is 23.0 Å². The molecule has 0 atom stereocenters. The van der Waals surface area contributed by atoms with E-state index in [4.69, 9.17) is 11.6 Å². The third-order valence-corrected chi connectivity index (χ3v) is 5.00. The highest BCUT2D eigenvalue weighted by molar-refractivity contribution is 8.00. The number of halogens is 2. The third-order valence-electron chi connectivity index (χ3n) is 3.70. The fourth-order valence-corrected chi connectivity index (χ4v) is 3.17. The maximum atomic E-state index is 13.1. The number of nitrogens with one attached hydrogen (secondary N) is 1. The Balaban J connectivity index is 1.53. The SMILES string of the molecule is O=C(CSc1ccc(N=Cc2ccccc2O)cc1)Nc1ccc(F)c(Cl)c1. The summed E-state index contributed by atoms with van der Waals surface area (Å²) in [7, 11) is 0. The van der Waals surface area contributed by atoms with E-state index in [2.05, 4.69) is 10.3 Å². The number of amides is 1. The number of hydrogen-bond donors (Lipinski definition) is 2. The van der Waals surface area contributed by atoms with Crippen LogP contribution in [0.1, 0.15) is 5.56 Å². The monoisotopic (exact) mass is 414 g/mol. The average Bonchev–Trinajstić information content (AvgIpc) is 2.69. The van der Waals surface area contributed by atoms with E-state index in [1.165, 1.54) is 30.0 Å². The number of aliphatic imine (C=N–C) groups is 1. The number of phenols is 1. The summed E-state index contributed by atoms with van der Waals surface area (Å²) < 4.78 is 13.1. The second-order valence-electron chi connectivity index (χ2n) is 5.78. The van der Waals surface area contributed by atoms with Gasteiger partial charge in [-0.1, -0.05) is 23.7 Å². The zero-order valence-corrected chi connectivity index (χ0v) is 16.2. The van der Waals surface area contributed by atoms with Gasteiger partial charge >= 0.3 is 0 Å². The normalized spacial score (nSPS) is 10.9. The minimum Gasteiger partial charge on any atom is -0.507 e. The fourth-order valence-electron chi connectivity index (χ4n) is 2.29. The van der Waals surface area contributed by atoms with Crippen LogP contribution in [0.3, 0.4) is 0 Å². The quantitative estimate of drug-likeness (QED) is 0.403. The van der Waals surface area contributed by atoms with Crippen LogP contribution >= 0.6 is 23.4 Å². The summed E-state index contributed by atoms with van der Waals surface area (Å²) in [6.07, 6.45) is 1.60. The van der Waals surface area contributed by atoms with Gasteiger partial charge in [0, 0.05) is 22.4 Å². The topological polar surface area (TPSA) is 61.7 Å². The lowest BCUT2D eigenvalue weighted by molar-refractivity contribution is -0.113. The Morgan fingerprint density at radius 3 is 2.61 bits per heavy atom. The summed E-state index contributed by atoms with van der Waals surface area (Å²) in [4.78, 5) is 17.3. The predicted molar refractivity (Wildman–Crippen MR) is 113 cm³/mol. The van der Waals surface area contributed by atoms with Crippen molar-refractivity contribution in [3.63, 3.8) is 0 Å². The maximum absolute atomic E-state index is 13.1. The number of benzene rings is 3. The van der Waals surface area contributed by atoms with Crippen molar-refractivity contribution >= 4 is 46.9 Å². The molecule has 0 fully saturated rings. The number of phenolic OH excluding ortho intramolecular Hbond substituents is 1. The van der Waals surface area contributed by atoms with Gasteiger partial charge in [0.1, 0.15) is 11.6 Å². The van der Waals surface area contributed by atoms with Crippen molar-refractivity contribution in [3.8, 4) is 5.75 Å². The molecule has 28 heavy (non-hydrogen) atoms. The molecule has 0 aliphatic rings. The first kappa shape index (κ1) is 19.9. The Morgan fingerprint density at radius 2 is 1.89 bits per heavy atom. The number of thioether (sulfide) groups is 1. The number of aromatic hydroxyl groups is 1. The van der Waals surface area contributed by atoms with Gasteiger partial charge in [-0.15, -0.1) is 11.8 Å². The van der Waals surface area contributed by atoms with Gasteiger partial charge in [-0.2, -0.15) is 0 Å². The number of rotatable bonds is 6. The molecule has 142 valence electrons. The first-order valence-corrected chi connectivity index (χ1v) is 9.67. The number of hydrogen-bond acceptors (Lipinski definition) is 4. The largest absolute Gasteiger partial charge is 0.507 e. The first-order chi connectivity index (χ1) is 13.5. The molecule has 3 aromatic carbocycles. The molecule has 0 saturated heterocycles. The molecule has 0 saturated carbocycles.